The van der Waals surface area contributed by atoms with Crippen LogP contribution < -0.4 is 10.5 Å². The summed E-state index contributed by atoms with van der Waals surface area (Å²) in [5.41, 5.74) is 5.22. The number of rotatable bonds is 7. The quantitative estimate of drug-likeness (QED) is 0.427. The summed E-state index contributed by atoms with van der Waals surface area (Å²) in [4.78, 5) is 0.129. The van der Waals surface area contributed by atoms with Crippen LogP contribution in [0.3, 0.4) is 0 Å². The zero-order valence-corrected chi connectivity index (χ0v) is 9.82. The minimum absolute atomic E-state index is 0.0254. The Labute approximate surface area is 89.6 Å². The fraction of sp³-hybridized carbons (Fsp3) is 0.833. The zero-order chi connectivity index (χ0) is 11.2. The number of nitrogens with one attached hydrogen (secondary N) is 1. The van der Waals surface area contributed by atoms with E-state index < -0.39 is 10.2 Å². The molecule has 0 aromatic carbocycles. The van der Waals surface area contributed by atoms with Crippen LogP contribution in [0, 0.1) is 0 Å². The molecular weight excluding hydrogens is 226 g/mol. The summed E-state index contributed by atoms with van der Waals surface area (Å²) in [7, 11) is -0.602. The minimum Gasteiger partial charge on any atom is -0.392 e. The van der Waals surface area contributed by atoms with E-state index in [1.54, 1.807) is 0 Å². The summed E-state index contributed by atoms with van der Waals surface area (Å²) < 4.78 is 30.8. The minimum atomic E-state index is -3.49. The highest BCUT2D eigenvalue weighted by Gasteiger charge is 2.16. The van der Waals surface area contributed by atoms with Gasteiger partial charge in [-0.2, -0.15) is 17.4 Å². The molecule has 0 atom stereocenters. The maximum absolute atomic E-state index is 11.4. The van der Waals surface area contributed by atoms with Gasteiger partial charge in [-0.15, -0.1) is 0 Å². The van der Waals surface area contributed by atoms with Crippen molar-refractivity contribution in [2.24, 2.45) is 5.73 Å². The van der Waals surface area contributed by atoms with Gasteiger partial charge in [-0.1, -0.05) is 12.2 Å². The van der Waals surface area contributed by atoms with E-state index in [0.717, 1.165) is 4.31 Å². The number of ether oxygens (including phenoxy) is 1. The summed E-state index contributed by atoms with van der Waals surface area (Å²) in [6.45, 7) is 0.568. The van der Waals surface area contributed by atoms with Gasteiger partial charge in [0.25, 0.3) is 10.2 Å². The normalized spacial score (nSPS) is 11.9. The average molecular weight is 241 g/mol. The molecule has 0 saturated heterocycles. The molecule has 0 saturated carbocycles. The smallest absolute Gasteiger partial charge is 0.279 e. The molecule has 0 heterocycles. The number of thiocarbonyl (C=S) groups is 1. The van der Waals surface area contributed by atoms with Crippen LogP contribution in [0.25, 0.3) is 0 Å². The van der Waals surface area contributed by atoms with E-state index in [4.69, 9.17) is 10.5 Å². The second-order valence-electron chi connectivity index (χ2n) is 2.61. The first-order chi connectivity index (χ1) is 6.40. The maximum atomic E-state index is 11.4. The zero-order valence-electron chi connectivity index (χ0n) is 8.19. The highest BCUT2D eigenvalue weighted by atomic mass is 32.2. The van der Waals surface area contributed by atoms with Crippen molar-refractivity contribution in [3.63, 3.8) is 0 Å². The number of likely N-dealkylation sites (N-methyl/N-ethyl adjacent to an activating group) is 1. The van der Waals surface area contributed by atoms with Gasteiger partial charge in [0.1, 0.15) is 0 Å². The van der Waals surface area contributed by atoms with Gasteiger partial charge in [0.15, 0.2) is 0 Å². The largest absolute Gasteiger partial charge is 0.392 e. The summed E-state index contributed by atoms with van der Waals surface area (Å²) in [6.07, 6.45) is 0. The predicted octanol–water partition coefficient (Wildman–Crippen LogP) is -1.31. The van der Waals surface area contributed by atoms with Gasteiger partial charge in [0.05, 0.1) is 18.1 Å². The third-order valence-electron chi connectivity index (χ3n) is 1.38. The molecule has 84 valence electrons. The standard InChI is InChI=1S/C6H15N3O3S2/c1-9(5-6(7)13)14(10,11)8-3-4-12-2/h8H,3-5H2,1-2H3,(H2,7,13). The second kappa shape index (κ2) is 6.25. The third kappa shape index (κ3) is 5.45. The SMILES string of the molecule is COCCNS(=O)(=O)N(C)CC(N)=S. The van der Waals surface area contributed by atoms with Crippen molar-refractivity contribution in [2.75, 3.05) is 33.9 Å². The van der Waals surface area contributed by atoms with Gasteiger partial charge in [0.2, 0.25) is 0 Å². The molecule has 14 heavy (non-hydrogen) atoms. The lowest BCUT2D eigenvalue weighted by Crippen LogP contribution is -2.42. The van der Waals surface area contributed by atoms with Crippen molar-refractivity contribution >= 4 is 27.4 Å². The van der Waals surface area contributed by atoms with Gasteiger partial charge in [0, 0.05) is 20.7 Å². The number of hydrogen-bond donors (Lipinski definition) is 2. The molecular formula is C6H15N3O3S2. The van der Waals surface area contributed by atoms with Gasteiger partial charge in [-0.05, 0) is 0 Å². The molecule has 0 unspecified atom stereocenters. The van der Waals surface area contributed by atoms with Crippen molar-refractivity contribution in [2.45, 2.75) is 0 Å². The Kier molecular flexibility index (Phi) is 6.12. The molecule has 0 aromatic heterocycles. The average Bonchev–Trinajstić information content (AvgIpc) is 2.03. The number of nitrogens with two attached hydrogens (primary N) is 1. The molecule has 0 spiro atoms. The summed E-state index contributed by atoms with van der Waals surface area (Å²) >= 11 is 4.60. The van der Waals surface area contributed by atoms with Gasteiger partial charge in [-0.25, -0.2) is 0 Å². The number of methoxy groups -OCH3 is 1. The molecule has 0 amide bonds. The van der Waals surface area contributed by atoms with Crippen LogP contribution >= 0.6 is 12.2 Å². The molecule has 0 aliphatic heterocycles. The molecule has 3 N–H and O–H groups in total. The first kappa shape index (κ1) is 13.7. The highest BCUT2D eigenvalue weighted by Crippen LogP contribution is 1.92. The Hall–Kier alpha value is -0.280. The van der Waals surface area contributed by atoms with Gasteiger partial charge >= 0.3 is 0 Å². The lowest BCUT2D eigenvalue weighted by Gasteiger charge is -2.16. The lowest BCUT2D eigenvalue weighted by molar-refractivity contribution is 0.204. The fourth-order valence-electron chi connectivity index (χ4n) is 0.687. The molecule has 8 heteroatoms. The second-order valence-corrected chi connectivity index (χ2v) is 5.00. The Morgan fingerprint density at radius 2 is 2.21 bits per heavy atom. The lowest BCUT2D eigenvalue weighted by atomic mass is 10.7. The first-order valence-corrected chi connectivity index (χ1v) is 5.73. The molecule has 0 aliphatic rings. The molecule has 0 bridgehead atoms. The van der Waals surface area contributed by atoms with Crippen LogP contribution in [-0.4, -0.2) is 51.6 Å². The fourth-order valence-corrected chi connectivity index (χ4v) is 1.83. The van der Waals surface area contributed by atoms with Crippen LogP contribution in [0.2, 0.25) is 0 Å². The van der Waals surface area contributed by atoms with Crippen molar-refractivity contribution in [1.29, 1.82) is 0 Å². The predicted molar refractivity (Wildman–Crippen MR) is 58.2 cm³/mol. The van der Waals surface area contributed by atoms with Crippen molar-refractivity contribution in [1.82, 2.24) is 9.03 Å². The number of nitrogens with zero attached hydrogens (tertiary/aromatic N) is 1. The van der Waals surface area contributed by atoms with Crippen LogP contribution in [0.15, 0.2) is 0 Å². The molecule has 0 aromatic rings. The maximum Gasteiger partial charge on any atom is 0.279 e. The Morgan fingerprint density at radius 1 is 1.64 bits per heavy atom. The highest BCUT2D eigenvalue weighted by molar-refractivity contribution is 7.87. The van der Waals surface area contributed by atoms with E-state index in [1.807, 2.05) is 0 Å². The molecule has 0 aliphatic carbocycles. The van der Waals surface area contributed by atoms with Crippen LogP contribution in [0.4, 0.5) is 0 Å². The Balaban J connectivity index is 4.10. The summed E-state index contributed by atoms with van der Waals surface area (Å²) in [6, 6.07) is 0. The van der Waals surface area contributed by atoms with E-state index in [-0.39, 0.29) is 18.1 Å². The van der Waals surface area contributed by atoms with E-state index in [2.05, 4.69) is 16.9 Å². The van der Waals surface area contributed by atoms with Gasteiger partial charge < -0.3 is 10.5 Å². The van der Waals surface area contributed by atoms with E-state index in [9.17, 15) is 8.42 Å². The molecule has 0 fully saturated rings. The Bertz CT molecular complexity index is 278. The molecule has 6 nitrogen and oxygen atoms in total. The Morgan fingerprint density at radius 3 is 2.64 bits per heavy atom. The van der Waals surface area contributed by atoms with Crippen molar-refractivity contribution in [3.8, 4) is 0 Å². The van der Waals surface area contributed by atoms with Crippen LogP contribution in [-0.2, 0) is 14.9 Å². The third-order valence-corrected chi connectivity index (χ3v) is 3.03. The van der Waals surface area contributed by atoms with Crippen LogP contribution in [0.5, 0.6) is 0 Å². The van der Waals surface area contributed by atoms with E-state index in [1.165, 1.54) is 14.2 Å². The monoisotopic (exact) mass is 241 g/mol. The first-order valence-electron chi connectivity index (χ1n) is 3.88. The van der Waals surface area contributed by atoms with Gasteiger partial charge in [-0.3, -0.25) is 0 Å². The van der Waals surface area contributed by atoms with Crippen molar-refractivity contribution in [3.05, 3.63) is 0 Å². The van der Waals surface area contributed by atoms with Crippen LogP contribution in [0.1, 0.15) is 0 Å². The molecule has 0 rings (SSSR count). The summed E-state index contributed by atoms with van der Waals surface area (Å²) in [5.74, 6) is 0. The topological polar surface area (TPSA) is 84.7 Å². The van der Waals surface area contributed by atoms with E-state index >= 15 is 0 Å². The van der Waals surface area contributed by atoms with Crippen molar-refractivity contribution < 1.29 is 13.2 Å². The molecule has 0 radical (unpaired) electrons. The number of hydrogen-bond acceptors (Lipinski definition) is 4. The van der Waals surface area contributed by atoms with E-state index in [0.29, 0.717) is 6.61 Å². The summed E-state index contributed by atoms with van der Waals surface area (Å²) in [5, 5.41) is 0.